The van der Waals surface area contributed by atoms with Crippen LogP contribution in [-0.2, 0) is 0 Å². The molecule has 0 atom stereocenters. The van der Waals surface area contributed by atoms with Crippen LogP contribution in [0.25, 0.3) is 11.3 Å². The summed E-state index contributed by atoms with van der Waals surface area (Å²) in [4.78, 5) is 12.4. The summed E-state index contributed by atoms with van der Waals surface area (Å²) in [5.41, 5.74) is 0.151. The fraction of sp³-hybridized carbons (Fsp3) is 0.273. The number of nitrogens with zero attached hydrogens (tertiary/aromatic N) is 2. The Morgan fingerprint density at radius 3 is 2.63 bits per heavy atom. The van der Waals surface area contributed by atoms with Crippen molar-refractivity contribution in [1.82, 2.24) is 13.6 Å². The number of aromatic nitrogens is 1. The van der Waals surface area contributed by atoms with Gasteiger partial charge in [0.25, 0.3) is 0 Å². The summed E-state index contributed by atoms with van der Waals surface area (Å²) < 4.78 is 36.0. The standard InChI is InChI=1S/C22H21F2IN3O2/c23-16-6-7-18(19(24)12-16)21-13-20(27-30-21)22(29)26-14-15-8-10-28(11-9-15)25-17-4-2-1-3-5-17/h1-7,12-13,15H,8-11,14H2,(H,26,29)/q-1. The first kappa shape index (κ1) is 20.9. The second-order valence-electron chi connectivity index (χ2n) is 7.14. The molecule has 1 N–H and O–H groups in total. The zero-order valence-electron chi connectivity index (χ0n) is 16.2. The van der Waals surface area contributed by atoms with Gasteiger partial charge in [-0.1, -0.05) is 0 Å². The van der Waals surface area contributed by atoms with Gasteiger partial charge in [0, 0.05) is 6.07 Å². The van der Waals surface area contributed by atoms with Crippen LogP contribution >= 0.6 is 0 Å². The number of hydrogen-bond donors (Lipinski definition) is 1. The summed E-state index contributed by atoms with van der Waals surface area (Å²) in [5, 5.41) is 6.62. The van der Waals surface area contributed by atoms with Gasteiger partial charge in [-0.2, -0.15) is 0 Å². The van der Waals surface area contributed by atoms with E-state index < -0.39 is 11.6 Å². The maximum absolute atomic E-state index is 13.9. The third kappa shape index (κ3) is 5.23. The van der Waals surface area contributed by atoms with Gasteiger partial charge in [-0.25, -0.2) is 8.78 Å². The second kappa shape index (κ2) is 9.65. The SMILES string of the molecule is O=C(NCC1CCN([I-]c2ccccc2)CC1)c1cc(-c2ccc(F)cc2F)on1. The second-order valence-corrected chi connectivity index (χ2v) is 10.2. The number of rotatable bonds is 6. The number of piperidine rings is 1. The molecule has 0 spiro atoms. The summed E-state index contributed by atoms with van der Waals surface area (Å²) in [6.45, 7) is 2.66. The zero-order valence-corrected chi connectivity index (χ0v) is 18.3. The fourth-order valence-corrected chi connectivity index (χ4v) is 5.89. The molecule has 2 heterocycles. The molecule has 1 aliphatic heterocycles. The Hall–Kier alpha value is -2.33. The van der Waals surface area contributed by atoms with E-state index >= 15 is 0 Å². The predicted octanol–water partition coefficient (Wildman–Crippen LogP) is 0.935. The van der Waals surface area contributed by atoms with Crippen LogP contribution in [0.3, 0.4) is 0 Å². The predicted molar refractivity (Wildman–Crippen MR) is 104 cm³/mol. The molecule has 0 aliphatic carbocycles. The average Bonchev–Trinajstić information content (AvgIpc) is 3.24. The van der Waals surface area contributed by atoms with Gasteiger partial charge in [-0.15, -0.1) is 0 Å². The first-order valence-electron chi connectivity index (χ1n) is 9.74. The number of benzene rings is 2. The number of carbonyl (C=O) groups excluding carboxylic acids is 1. The van der Waals surface area contributed by atoms with Gasteiger partial charge in [-0.05, 0) is 6.07 Å². The number of amides is 1. The van der Waals surface area contributed by atoms with E-state index in [9.17, 15) is 13.6 Å². The van der Waals surface area contributed by atoms with Crippen LogP contribution in [0.2, 0.25) is 0 Å². The molecule has 30 heavy (non-hydrogen) atoms. The summed E-state index contributed by atoms with van der Waals surface area (Å²) in [6, 6.07) is 15.1. The minimum absolute atomic E-state index is 0.0667. The molecule has 1 fully saturated rings. The van der Waals surface area contributed by atoms with Gasteiger partial charge in [0.1, 0.15) is 5.82 Å². The maximum atomic E-state index is 13.9. The van der Waals surface area contributed by atoms with Gasteiger partial charge < -0.3 is 0 Å². The van der Waals surface area contributed by atoms with Crippen molar-refractivity contribution in [3.63, 3.8) is 0 Å². The molecule has 1 amide bonds. The molecule has 3 aromatic rings. The van der Waals surface area contributed by atoms with Crippen LogP contribution in [0.5, 0.6) is 0 Å². The molecular formula is C22H21F2IN3O2-. The van der Waals surface area contributed by atoms with Crippen LogP contribution in [0.4, 0.5) is 8.78 Å². The molecule has 158 valence electrons. The molecule has 4 rings (SSSR count). The van der Waals surface area contributed by atoms with Gasteiger partial charge in [0.2, 0.25) is 0 Å². The minimum atomic E-state index is -0.761. The Bertz CT molecular complexity index is 1000. The van der Waals surface area contributed by atoms with Crippen LogP contribution < -0.4 is 26.8 Å². The Labute approximate surface area is 184 Å². The first-order valence-corrected chi connectivity index (χ1v) is 11.8. The van der Waals surface area contributed by atoms with Gasteiger partial charge in [-0.3, -0.25) is 0 Å². The molecule has 0 saturated carbocycles. The molecule has 0 radical (unpaired) electrons. The van der Waals surface area contributed by atoms with Crippen molar-refractivity contribution in [2.24, 2.45) is 5.92 Å². The monoisotopic (exact) mass is 524 g/mol. The Morgan fingerprint density at radius 1 is 1.13 bits per heavy atom. The third-order valence-corrected chi connectivity index (χ3v) is 7.92. The number of hydrogen-bond acceptors (Lipinski definition) is 4. The van der Waals surface area contributed by atoms with E-state index in [-0.39, 0.29) is 44.4 Å². The summed E-state index contributed by atoms with van der Waals surface area (Å²) in [7, 11) is 0. The zero-order chi connectivity index (χ0) is 20.9. The van der Waals surface area contributed by atoms with E-state index in [1.165, 1.54) is 15.7 Å². The molecule has 8 heteroatoms. The first-order chi connectivity index (χ1) is 14.6. The van der Waals surface area contributed by atoms with Gasteiger partial charge in [0.05, 0.1) is 0 Å². The van der Waals surface area contributed by atoms with Crippen molar-refractivity contribution < 1.29 is 39.6 Å². The Morgan fingerprint density at radius 2 is 1.90 bits per heavy atom. The normalized spacial score (nSPS) is 15.4. The number of carbonyl (C=O) groups is 1. The van der Waals surface area contributed by atoms with Crippen molar-refractivity contribution in [2.75, 3.05) is 19.6 Å². The number of halogens is 3. The van der Waals surface area contributed by atoms with Crippen molar-refractivity contribution in [1.29, 1.82) is 0 Å². The molecular weight excluding hydrogens is 503 g/mol. The van der Waals surface area contributed by atoms with Crippen molar-refractivity contribution in [2.45, 2.75) is 12.8 Å². The number of nitrogens with one attached hydrogen (secondary N) is 1. The van der Waals surface area contributed by atoms with Crippen LogP contribution in [-0.4, -0.2) is 33.8 Å². The van der Waals surface area contributed by atoms with E-state index in [2.05, 4.69) is 37.9 Å². The van der Waals surface area contributed by atoms with Crippen molar-refractivity contribution in [3.8, 4) is 11.3 Å². The van der Waals surface area contributed by atoms with Crippen molar-refractivity contribution in [3.05, 3.63) is 75.5 Å². The topological polar surface area (TPSA) is 58.4 Å². The summed E-state index contributed by atoms with van der Waals surface area (Å²) in [6.07, 6.45) is 2.08. The van der Waals surface area contributed by atoms with E-state index in [1.807, 2.05) is 6.07 Å². The van der Waals surface area contributed by atoms with E-state index in [0.717, 1.165) is 38.1 Å². The van der Waals surface area contributed by atoms with Gasteiger partial charge >= 0.3 is 158 Å². The quantitative estimate of drug-likeness (QED) is 0.386. The van der Waals surface area contributed by atoms with E-state index in [0.29, 0.717) is 12.5 Å². The Balaban J connectivity index is 1.26. The third-order valence-electron chi connectivity index (χ3n) is 5.00. The molecule has 0 bridgehead atoms. The summed E-state index contributed by atoms with van der Waals surface area (Å²) in [5.74, 6) is -1.28. The molecule has 2 aromatic carbocycles. The van der Waals surface area contributed by atoms with Crippen molar-refractivity contribution >= 4 is 5.91 Å². The fourth-order valence-electron chi connectivity index (χ4n) is 3.33. The average molecular weight is 524 g/mol. The summed E-state index contributed by atoms with van der Waals surface area (Å²) >= 11 is -0.128. The van der Waals surface area contributed by atoms with Crippen LogP contribution in [0.15, 0.2) is 59.1 Å². The van der Waals surface area contributed by atoms with E-state index in [1.54, 1.807) is 0 Å². The molecule has 0 unspecified atom stereocenters. The van der Waals surface area contributed by atoms with Gasteiger partial charge in [0.15, 0.2) is 0 Å². The van der Waals surface area contributed by atoms with Crippen LogP contribution in [0, 0.1) is 21.1 Å². The molecule has 1 aromatic heterocycles. The molecule has 5 nitrogen and oxygen atoms in total. The van der Waals surface area contributed by atoms with Crippen LogP contribution in [0.1, 0.15) is 23.3 Å². The Kier molecular flexibility index (Phi) is 6.73. The molecule has 1 saturated heterocycles. The molecule has 1 aliphatic rings. The van der Waals surface area contributed by atoms with E-state index in [4.69, 9.17) is 4.52 Å².